The van der Waals surface area contributed by atoms with Crippen LogP contribution < -0.4 is 4.72 Å². The summed E-state index contributed by atoms with van der Waals surface area (Å²) in [5, 5.41) is 8.93. The summed E-state index contributed by atoms with van der Waals surface area (Å²) in [5.74, 6) is -1.23. The first kappa shape index (κ1) is 15.8. The minimum atomic E-state index is -3.27. The Bertz CT molecular complexity index is 428. The smallest absolute Gasteiger partial charge is 0.306 e. The van der Waals surface area contributed by atoms with Gasteiger partial charge in [0, 0.05) is 6.54 Å². The first-order valence-electron chi connectivity index (χ1n) is 7.72. The number of sulfonamides is 1. The second-order valence-electron chi connectivity index (χ2n) is 6.14. The monoisotopic (exact) mass is 303 g/mol. The number of hydrogen-bond donors (Lipinski definition) is 2. The number of carboxylic acids is 1. The van der Waals surface area contributed by atoms with E-state index >= 15 is 0 Å². The zero-order valence-electron chi connectivity index (χ0n) is 11.9. The van der Waals surface area contributed by atoms with Gasteiger partial charge in [-0.1, -0.05) is 32.1 Å². The fourth-order valence-electron chi connectivity index (χ4n) is 3.49. The maximum absolute atomic E-state index is 12.2. The van der Waals surface area contributed by atoms with Crippen molar-refractivity contribution in [3.8, 4) is 0 Å². The van der Waals surface area contributed by atoms with E-state index < -0.39 is 21.9 Å². The van der Waals surface area contributed by atoms with Gasteiger partial charge in [0.05, 0.1) is 11.2 Å². The molecule has 2 aliphatic carbocycles. The predicted octanol–water partition coefficient (Wildman–Crippen LogP) is 2.13. The van der Waals surface area contributed by atoms with Crippen molar-refractivity contribution in [3.63, 3.8) is 0 Å². The fraction of sp³-hybridized carbons (Fsp3) is 0.929. The summed E-state index contributed by atoms with van der Waals surface area (Å²) in [6, 6.07) is 0. The van der Waals surface area contributed by atoms with Crippen molar-refractivity contribution < 1.29 is 18.3 Å². The average molecular weight is 303 g/mol. The van der Waals surface area contributed by atoms with Crippen LogP contribution in [-0.2, 0) is 14.8 Å². The molecule has 0 saturated heterocycles. The van der Waals surface area contributed by atoms with Gasteiger partial charge in [-0.25, -0.2) is 13.1 Å². The van der Waals surface area contributed by atoms with Gasteiger partial charge in [-0.15, -0.1) is 0 Å². The molecule has 6 heteroatoms. The molecule has 0 radical (unpaired) electrons. The zero-order valence-corrected chi connectivity index (χ0v) is 12.7. The van der Waals surface area contributed by atoms with E-state index in [0.717, 1.165) is 51.4 Å². The van der Waals surface area contributed by atoms with Gasteiger partial charge in [-0.05, 0) is 31.6 Å². The van der Waals surface area contributed by atoms with Crippen LogP contribution in [-0.4, -0.2) is 31.3 Å². The molecule has 2 N–H and O–H groups in total. The van der Waals surface area contributed by atoms with Crippen LogP contribution in [0.4, 0.5) is 0 Å². The van der Waals surface area contributed by atoms with Crippen molar-refractivity contribution in [3.05, 3.63) is 0 Å². The van der Waals surface area contributed by atoms with Gasteiger partial charge in [0.2, 0.25) is 10.0 Å². The molecule has 0 aromatic rings. The molecule has 2 fully saturated rings. The Morgan fingerprint density at radius 1 is 1.00 bits per heavy atom. The van der Waals surface area contributed by atoms with Crippen molar-refractivity contribution >= 4 is 16.0 Å². The summed E-state index contributed by atoms with van der Waals surface area (Å²) in [5.41, 5.74) is 0. The van der Waals surface area contributed by atoms with E-state index in [9.17, 15) is 18.3 Å². The Balaban J connectivity index is 1.90. The number of hydrogen-bond acceptors (Lipinski definition) is 3. The van der Waals surface area contributed by atoms with Gasteiger partial charge in [0.1, 0.15) is 0 Å². The summed E-state index contributed by atoms with van der Waals surface area (Å²) in [6.45, 7) is 0.288. The van der Waals surface area contributed by atoms with E-state index in [1.54, 1.807) is 0 Å². The van der Waals surface area contributed by atoms with Crippen molar-refractivity contribution in [2.45, 2.75) is 63.0 Å². The highest BCUT2D eigenvalue weighted by molar-refractivity contribution is 7.90. The SMILES string of the molecule is O=C(O)C1CCCCC1CNS(=O)(=O)C1CCCCC1. The Morgan fingerprint density at radius 3 is 2.25 bits per heavy atom. The van der Waals surface area contributed by atoms with Crippen molar-refractivity contribution in [1.82, 2.24) is 4.72 Å². The fourth-order valence-corrected chi connectivity index (χ4v) is 5.13. The number of rotatable bonds is 5. The highest BCUT2D eigenvalue weighted by Gasteiger charge is 2.33. The van der Waals surface area contributed by atoms with Crippen molar-refractivity contribution in [2.24, 2.45) is 11.8 Å². The van der Waals surface area contributed by atoms with Crippen LogP contribution in [0.25, 0.3) is 0 Å². The highest BCUT2D eigenvalue weighted by Crippen LogP contribution is 2.30. The average Bonchev–Trinajstić information content (AvgIpc) is 2.46. The molecule has 20 heavy (non-hydrogen) atoms. The van der Waals surface area contributed by atoms with Crippen molar-refractivity contribution in [2.75, 3.05) is 6.54 Å². The maximum Gasteiger partial charge on any atom is 0.306 e. The van der Waals surface area contributed by atoms with E-state index in [1.807, 2.05) is 0 Å². The zero-order chi connectivity index (χ0) is 14.6. The van der Waals surface area contributed by atoms with E-state index in [2.05, 4.69) is 4.72 Å². The van der Waals surface area contributed by atoms with Gasteiger partial charge in [-0.2, -0.15) is 0 Å². The first-order valence-corrected chi connectivity index (χ1v) is 9.26. The predicted molar refractivity (Wildman–Crippen MR) is 76.9 cm³/mol. The van der Waals surface area contributed by atoms with Crippen LogP contribution in [0, 0.1) is 11.8 Å². The first-order chi connectivity index (χ1) is 9.50. The van der Waals surface area contributed by atoms with Crippen LogP contribution in [0.2, 0.25) is 0 Å². The lowest BCUT2D eigenvalue weighted by molar-refractivity contribution is -0.144. The summed E-state index contributed by atoms with van der Waals surface area (Å²) in [4.78, 5) is 11.2. The summed E-state index contributed by atoms with van der Waals surface area (Å²) < 4.78 is 27.2. The molecule has 0 aromatic carbocycles. The molecule has 2 atom stereocenters. The molecule has 2 unspecified atom stereocenters. The molecule has 116 valence electrons. The molecule has 2 aliphatic rings. The van der Waals surface area contributed by atoms with E-state index in [4.69, 9.17) is 0 Å². The number of aliphatic carboxylic acids is 1. The second-order valence-corrected chi connectivity index (χ2v) is 8.19. The highest BCUT2D eigenvalue weighted by atomic mass is 32.2. The van der Waals surface area contributed by atoms with Gasteiger partial charge in [0.15, 0.2) is 0 Å². The third-order valence-electron chi connectivity index (χ3n) is 4.76. The molecule has 0 heterocycles. The molecule has 5 nitrogen and oxygen atoms in total. The molecular weight excluding hydrogens is 278 g/mol. The Morgan fingerprint density at radius 2 is 1.60 bits per heavy atom. The molecule has 0 aromatic heterocycles. The van der Waals surface area contributed by atoms with Gasteiger partial charge in [0.25, 0.3) is 0 Å². The summed E-state index contributed by atoms with van der Waals surface area (Å²) >= 11 is 0. The number of carboxylic acid groups (broad SMARTS) is 1. The Kier molecular flexibility index (Phi) is 5.43. The van der Waals surface area contributed by atoms with E-state index in [1.165, 1.54) is 0 Å². The standard InChI is InChI=1S/C14H25NO4S/c16-14(17)13-9-5-4-6-11(13)10-15-20(18,19)12-7-2-1-3-8-12/h11-13,15H,1-10H2,(H,16,17). The van der Waals surface area contributed by atoms with Crippen molar-refractivity contribution in [1.29, 1.82) is 0 Å². The summed E-state index contributed by atoms with van der Waals surface area (Å²) in [7, 11) is -3.27. The molecule has 0 bridgehead atoms. The lowest BCUT2D eigenvalue weighted by Crippen LogP contribution is -2.41. The van der Waals surface area contributed by atoms with Crippen LogP contribution in [0.3, 0.4) is 0 Å². The molecule has 0 aliphatic heterocycles. The lowest BCUT2D eigenvalue weighted by Gasteiger charge is -2.29. The third-order valence-corrected chi connectivity index (χ3v) is 6.68. The van der Waals surface area contributed by atoms with Gasteiger partial charge < -0.3 is 5.11 Å². The van der Waals surface area contributed by atoms with Crippen LogP contribution in [0.5, 0.6) is 0 Å². The number of nitrogens with one attached hydrogen (secondary N) is 1. The summed E-state index contributed by atoms with van der Waals surface area (Å²) in [6.07, 6.45) is 7.97. The molecular formula is C14H25NO4S. The van der Waals surface area contributed by atoms with E-state index in [-0.39, 0.29) is 17.7 Å². The van der Waals surface area contributed by atoms with E-state index in [0.29, 0.717) is 6.42 Å². The van der Waals surface area contributed by atoms with Gasteiger partial charge >= 0.3 is 5.97 Å². The van der Waals surface area contributed by atoms with Crippen LogP contribution in [0.15, 0.2) is 0 Å². The quantitative estimate of drug-likeness (QED) is 0.815. The molecule has 0 spiro atoms. The second kappa shape index (κ2) is 6.89. The Hall–Kier alpha value is -0.620. The Labute approximate surface area is 121 Å². The minimum absolute atomic E-state index is 0.0559. The topological polar surface area (TPSA) is 83.5 Å². The molecule has 2 saturated carbocycles. The third kappa shape index (κ3) is 3.95. The van der Waals surface area contributed by atoms with Crippen LogP contribution in [0.1, 0.15) is 57.8 Å². The maximum atomic E-state index is 12.2. The number of carbonyl (C=O) groups is 1. The van der Waals surface area contributed by atoms with Gasteiger partial charge in [-0.3, -0.25) is 4.79 Å². The molecule has 0 amide bonds. The molecule has 2 rings (SSSR count). The normalized spacial score (nSPS) is 29.2. The van der Waals surface area contributed by atoms with Crippen LogP contribution >= 0.6 is 0 Å². The largest absolute Gasteiger partial charge is 0.481 e. The minimum Gasteiger partial charge on any atom is -0.481 e. The lowest BCUT2D eigenvalue weighted by atomic mass is 9.79.